The Kier molecular flexibility index (Phi) is 3.72. The Bertz CT molecular complexity index is 201. The molecule has 1 nitrogen and oxygen atoms in total. The summed E-state index contributed by atoms with van der Waals surface area (Å²) in [5.41, 5.74) is -0.131. The van der Waals surface area contributed by atoms with Gasteiger partial charge in [-0.1, -0.05) is 20.8 Å². The van der Waals surface area contributed by atoms with Gasteiger partial charge in [-0.3, -0.25) is 4.79 Å². The number of carbonyl (C=O) groups excluding carboxylic acids is 1. The van der Waals surface area contributed by atoms with Crippen LogP contribution in [0.4, 0.5) is 0 Å². The van der Waals surface area contributed by atoms with Crippen molar-refractivity contribution in [2.75, 3.05) is 17.3 Å². The molecule has 1 rings (SSSR count). The van der Waals surface area contributed by atoms with E-state index in [0.29, 0.717) is 5.78 Å². The van der Waals surface area contributed by atoms with Gasteiger partial charge in [-0.2, -0.15) is 7.20 Å². The first kappa shape index (κ1) is 11.8. The van der Waals surface area contributed by atoms with E-state index in [2.05, 4.69) is 21.2 Å². The van der Waals surface area contributed by atoms with Crippen LogP contribution in [-0.2, 0) is 4.79 Å². The average Bonchev–Trinajstić information content (AvgIpc) is 2.33. The Balaban J connectivity index is 2.53. The molecular formula is C10H19IOS. The maximum Gasteiger partial charge on any atom is 0.147 e. The van der Waals surface area contributed by atoms with Gasteiger partial charge >= 0.3 is 0 Å². The molecule has 0 saturated carbocycles. The van der Waals surface area contributed by atoms with E-state index >= 15 is 0 Å². The van der Waals surface area contributed by atoms with Crippen molar-refractivity contribution < 1.29 is 4.79 Å². The molecule has 0 radical (unpaired) electrons. The number of hydrogen-bond acceptors (Lipinski definition) is 1. The maximum absolute atomic E-state index is 11.8. The molecule has 3 heteroatoms. The first-order chi connectivity index (χ1) is 5.83. The normalized spacial score (nSPS) is 24.3. The summed E-state index contributed by atoms with van der Waals surface area (Å²) < 4.78 is 0. The minimum atomic E-state index is -0.566. The molecule has 78 valence electrons. The molecule has 0 aromatic carbocycles. The molecule has 0 amide bonds. The van der Waals surface area contributed by atoms with E-state index in [4.69, 9.17) is 0 Å². The van der Waals surface area contributed by atoms with Crippen molar-refractivity contribution in [1.29, 1.82) is 0 Å². The molecule has 0 spiro atoms. The molecule has 0 N–H and O–H groups in total. The fraction of sp³-hybridized carbons (Fsp3) is 0.900. The Labute approximate surface area is 94.9 Å². The predicted octanol–water partition coefficient (Wildman–Crippen LogP) is 3.55. The third kappa shape index (κ3) is 3.42. The number of halogens is 1. The third-order valence-corrected chi connectivity index (χ3v) is 8.89. The molecule has 1 aliphatic rings. The lowest BCUT2D eigenvalue weighted by Gasteiger charge is -2.30. The summed E-state index contributed by atoms with van der Waals surface area (Å²) in [5, 5.41) is 0. The molecule has 13 heavy (non-hydrogen) atoms. The summed E-state index contributed by atoms with van der Waals surface area (Å²) in [5.74, 6) is 3.95. The average molecular weight is 314 g/mol. The minimum Gasteiger partial charge on any atom is -0.298 e. The third-order valence-electron chi connectivity index (χ3n) is 2.50. The highest BCUT2D eigenvalue weighted by Crippen LogP contribution is 2.61. The highest BCUT2D eigenvalue weighted by atomic mass is 127. The molecule has 0 aromatic rings. The molecule has 1 saturated heterocycles. The molecule has 1 heterocycles. The second-order valence-corrected chi connectivity index (χ2v) is 13.5. The smallest absolute Gasteiger partial charge is 0.147 e. The Hall–Kier alpha value is 0.750. The zero-order valence-corrected chi connectivity index (χ0v) is 11.7. The van der Waals surface area contributed by atoms with E-state index < -0.39 is 7.20 Å². The molecule has 1 aliphatic heterocycles. The van der Waals surface area contributed by atoms with Crippen LogP contribution >= 0.6 is 28.4 Å². The fourth-order valence-corrected chi connectivity index (χ4v) is 6.97. The maximum atomic E-state index is 11.8. The van der Waals surface area contributed by atoms with Crippen molar-refractivity contribution in [3.63, 3.8) is 0 Å². The van der Waals surface area contributed by atoms with E-state index in [9.17, 15) is 4.79 Å². The largest absolute Gasteiger partial charge is 0.298 e. The van der Waals surface area contributed by atoms with Crippen LogP contribution in [0.3, 0.4) is 0 Å². The topological polar surface area (TPSA) is 17.1 Å². The van der Waals surface area contributed by atoms with E-state index in [1.807, 2.05) is 20.8 Å². The number of hydrogen-bond donors (Lipinski definition) is 0. The number of ketones is 1. The summed E-state index contributed by atoms with van der Waals surface area (Å²) in [6, 6.07) is 0. The SMILES string of the molecule is CC(C)(C)C(=O)CS1(I)CCCC1. The second kappa shape index (κ2) is 4.09. The van der Waals surface area contributed by atoms with Crippen molar-refractivity contribution in [3.05, 3.63) is 0 Å². The molecule has 0 bridgehead atoms. The van der Waals surface area contributed by atoms with Gasteiger partial charge in [0.15, 0.2) is 0 Å². The van der Waals surface area contributed by atoms with Crippen LogP contribution in [0.15, 0.2) is 0 Å². The van der Waals surface area contributed by atoms with Crippen LogP contribution in [0.5, 0.6) is 0 Å². The van der Waals surface area contributed by atoms with E-state index in [1.54, 1.807) is 0 Å². The lowest BCUT2D eigenvalue weighted by Crippen LogP contribution is -2.25. The molecule has 0 aromatic heterocycles. The summed E-state index contributed by atoms with van der Waals surface area (Å²) in [4.78, 5) is 11.8. The quantitative estimate of drug-likeness (QED) is 0.713. The highest BCUT2D eigenvalue weighted by Gasteiger charge is 2.32. The van der Waals surface area contributed by atoms with Crippen LogP contribution in [-0.4, -0.2) is 23.0 Å². The molecular weight excluding hydrogens is 295 g/mol. The van der Waals surface area contributed by atoms with Crippen LogP contribution in [0.1, 0.15) is 33.6 Å². The van der Waals surface area contributed by atoms with Gasteiger partial charge in [-0.15, -0.1) is 0 Å². The first-order valence-corrected chi connectivity index (χ1v) is 9.51. The van der Waals surface area contributed by atoms with Crippen molar-refractivity contribution in [2.24, 2.45) is 5.41 Å². The Morgan fingerprint density at radius 2 is 1.77 bits per heavy atom. The molecule has 1 fully saturated rings. The summed E-state index contributed by atoms with van der Waals surface area (Å²) in [7, 11) is -0.566. The Morgan fingerprint density at radius 3 is 2.15 bits per heavy atom. The number of rotatable bonds is 2. The summed E-state index contributed by atoms with van der Waals surface area (Å²) >= 11 is 2.58. The summed E-state index contributed by atoms with van der Waals surface area (Å²) in [6.45, 7) is 6.09. The first-order valence-electron chi connectivity index (χ1n) is 4.83. The van der Waals surface area contributed by atoms with Crippen LogP contribution in [0.25, 0.3) is 0 Å². The van der Waals surface area contributed by atoms with Crippen LogP contribution in [0, 0.1) is 5.41 Å². The van der Waals surface area contributed by atoms with Crippen molar-refractivity contribution in [1.82, 2.24) is 0 Å². The van der Waals surface area contributed by atoms with E-state index in [-0.39, 0.29) is 5.41 Å². The van der Waals surface area contributed by atoms with Crippen LogP contribution < -0.4 is 0 Å². The predicted molar refractivity (Wildman–Crippen MR) is 69.9 cm³/mol. The van der Waals surface area contributed by atoms with Gasteiger partial charge in [0.2, 0.25) is 0 Å². The van der Waals surface area contributed by atoms with Gasteiger partial charge in [-0.05, 0) is 45.6 Å². The number of carbonyl (C=O) groups is 1. The lowest BCUT2D eigenvalue weighted by molar-refractivity contribution is -0.123. The van der Waals surface area contributed by atoms with Crippen molar-refractivity contribution in [3.8, 4) is 0 Å². The monoisotopic (exact) mass is 314 g/mol. The van der Waals surface area contributed by atoms with Gasteiger partial charge in [0.1, 0.15) is 5.78 Å². The Morgan fingerprint density at radius 1 is 1.31 bits per heavy atom. The molecule has 0 atom stereocenters. The highest BCUT2D eigenvalue weighted by molar-refractivity contribution is 14.2. The van der Waals surface area contributed by atoms with Gasteiger partial charge in [-0.25, -0.2) is 0 Å². The molecule has 0 unspecified atom stereocenters. The van der Waals surface area contributed by atoms with Crippen molar-refractivity contribution >= 4 is 34.2 Å². The zero-order chi connectivity index (χ0) is 10.1. The standard InChI is InChI=1S/C10H19IOS/c1-10(2,3)9(12)8-13(11)6-4-5-7-13/h4-8H2,1-3H3. The zero-order valence-electron chi connectivity index (χ0n) is 8.73. The van der Waals surface area contributed by atoms with Gasteiger partial charge in [0, 0.05) is 11.2 Å². The van der Waals surface area contributed by atoms with Gasteiger partial charge in [0.05, 0.1) is 0 Å². The van der Waals surface area contributed by atoms with E-state index in [1.165, 1.54) is 24.3 Å². The minimum absolute atomic E-state index is 0.131. The van der Waals surface area contributed by atoms with Crippen molar-refractivity contribution in [2.45, 2.75) is 33.6 Å². The molecule has 0 aliphatic carbocycles. The van der Waals surface area contributed by atoms with E-state index in [0.717, 1.165) is 5.75 Å². The second-order valence-electron chi connectivity index (χ2n) is 4.87. The van der Waals surface area contributed by atoms with Crippen LogP contribution in [0.2, 0.25) is 0 Å². The lowest BCUT2D eigenvalue weighted by atomic mass is 9.92. The fourth-order valence-electron chi connectivity index (χ4n) is 1.42. The van der Waals surface area contributed by atoms with Gasteiger partial charge in [0.25, 0.3) is 0 Å². The van der Waals surface area contributed by atoms with Gasteiger partial charge < -0.3 is 0 Å². The summed E-state index contributed by atoms with van der Waals surface area (Å²) in [6.07, 6.45) is 2.69. The number of Topliss-reactive ketones (excluding diaryl/α,β-unsaturated/α-hetero) is 1.